The average molecular weight is 245 g/mol. The highest BCUT2D eigenvalue weighted by Crippen LogP contribution is 2.30. The van der Waals surface area contributed by atoms with Crippen LogP contribution in [0.1, 0.15) is 24.0 Å². The zero-order chi connectivity index (χ0) is 12.3. The van der Waals surface area contributed by atoms with Crippen LogP contribution in [-0.4, -0.2) is 13.6 Å². The molecule has 1 N–H and O–H groups in total. The summed E-state index contributed by atoms with van der Waals surface area (Å²) in [6, 6.07) is 11.1. The van der Waals surface area contributed by atoms with E-state index in [1.165, 1.54) is 21.6 Å². The van der Waals surface area contributed by atoms with Gasteiger partial charge in [-0.1, -0.05) is 36.8 Å². The molecule has 1 aromatic heterocycles. The molecule has 0 aliphatic heterocycles. The van der Waals surface area contributed by atoms with Crippen molar-refractivity contribution < 1.29 is 0 Å². The van der Waals surface area contributed by atoms with E-state index in [9.17, 15) is 0 Å². The molecule has 0 radical (unpaired) electrons. The summed E-state index contributed by atoms with van der Waals surface area (Å²) in [5.41, 5.74) is 4.07. The van der Waals surface area contributed by atoms with Crippen LogP contribution in [0.4, 0.5) is 0 Å². The van der Waals surface area contributed by atoms with Gasteiger partial charge < -0.3 is 5.32 Å². The molecule has 1 aromatic carbocycles. The van der Waals surface area contributed by atoms with Gasteiger partial charge in [-0.3, -0.25) is 0 Å². The lowest BCUT2D eigenvalue weighted by molar-refractivity contribution is 0.680. The summed E-state index contributed by atoms with van der Waals surface area (Å²) in [5, 5.41) is 5.50. The predicted molar refractivity (Wildman–Crippen MR) is 76.8 cm³/mol. The first-order chi connectivity index (χ1) is 8.20. The molecule has 1 atom stereocenters. The fraction of sp³-hybridized carbons (Fsp3) is 0.333. The molecular formula is C15H19NS. The molecule has 0 aliphatic carbocycles. The summed E-state index contributed by atoms with van der Waals surface area (Å²) >= 11 is 1.83. The Kier molecular flexibility index (Phi) is 3.97. The Morgan fingerprint density at radius 2 is 1.94 bits per heavy atom. The van der Waals surface area contributed by atoms with Crippen molar-refractivity contribution in [1.29, 1.82) is 0 Å². The molecule has 2 rings (SSSR count). The van der Waals surface area contributed by atoms with Gasteiger partial charge in [-0.25, -0.2) is 0 Å². The minimum Gasteiger partial charge on any atom is -0.319 e. The van der Waals surface area contributed by atoms with Crippen LogP contribution in [0.25, 0.3) is 10.4 Å². The van der Waals surface area contributed by atoms with Crippen LogP contribution in [0.2, 0.25) is 0 Å². The summed E-state index contributed by atoms with van der Waals surface area (Å²) < 4.78 is 0. The van der Waals surface area contributed by atoms with Gasteiger partial charge in [0.1, 0.15) is 0 Å². The Morgan fingerprint density at radius 3 is 2.59 bits per heavy atom. The lowest BCUT2D eigenvalue weighted by Gasteiger charge is -2.07. The molecular weight excluding hydrogens is 226 g/mol. The first-order valence-electron chi connectivity index (χ1n) is 6.01. The van der Waals surface area contributed by atoms with Crippen molar-refractivity contribution in [2.45, 2.75) is 19.8 Å². The highest BCUT2D eigenvalue weighted by Gasteiger charge is 2.08. The van der Waals surface area contributed by atoms with Gasteiger partial charge >= 0.3 is 0 Å². The number of rotatable bonds is 4. The summed E-state index contributed by atoms with van der Waals surface area (Å²) in [4.78, 5) is 1.36. The standard InChI is InChI=1S/C15H19NS/c1-11-4-6-13(7-5-11)15-8-14(10-17-15)12(2)9-16-3/h4-8,10,12,16H,9H2,1-3H3. The van der Waals surface area contributed by atoms with Crippen molar-refractivity contribution in [3.05, 3.63) is 46.8 Å². The van der Waals surface area contributed by atoms with Crippen LogP contribution in [0.15, 0.2) is 35.7 Å². The summed E-state index contributed by atoms with van der Waals surface area (Å²) in [6.45, 7) is 5.42. The third-order valence-electron chi connectivity index (χ3n) is 3.04. The maximum Gasteiger partial charge on any atom is 0.0345 e. The maximum absolute atomic E-state index is 3.23. The number of hydrogen-bond donors (Lipinski definition) is 1. The molecule has 90 valence electrons. The van der Waals surface area contributed by atoms with E-state index in [1.807, 2.05) is 18.4 Å². The van der Waals surface area contributed by atoms with Gasteiger partial charge in [0.25, 0.3) is 0 Å². The number of likely N-dealkylation sites (N-methyl/N-ethyl adjacent to an activating group) is 1. The first-order valence-corrected chi connectivity index (χ1v) is 6.88. The van der Waals surface area contributed by atoms with Crippen LogP contribution < -0.4 is 5.32 Å². The van der Waals surface area contributed by atoms with Gasteiger partial charge in [-0.05, 0) is 42.5 Å². The Labute approximate surface area is 108 Å². The Morgan fingerprint density at radius 1 is 1.24 bits per heavy atom. The average Bonchev–Trinajstić information content (AvgIpc) is 2.80. The number of nitrogens with one attached hydrogen (secondary N) is 1. The topological polar surface area (TPSA) is 12.0 Å². The number of benzene rings is 1. The van der Waals surface area contributed by atoms with Crippen molar-refractivity contribution in [2.75, 3.05) is 13.6 Å². The fourth-order valence-corrected chi connectivity index (χ4v) is 2.94. The van der Waals surface area contributed by atoms with E-state index in [1.54, 1.807) is 0 Å². The van der Waals surface area contributed by atoms with E-state index in [4.69, 9.17) is 0 Å². The lowest BCUT2D eigenvalue weighted by atomic mass is 10.0. The molecule has 1 nitrogen and oxygen atoms in total. The monoisotopic (exact) mass is 245 g/mol. The second kappa shape index (κ2) is 5.48. The van der Waals surface area contributed by atoms with Crippen molar-refractivity contribution in [3.8, 4) is 10.4 Å². The van der Waals surface area contributed by atoms with Crippen LogP contribution >= 0.6 is 11.3 Å². The number of hydrogen-bond acceptors (Lipinski definition) is 2. The van der Waals surface area contributed by atoms with Crippen molar-refractivity contribution >= 4 is 11.3 Å². The molecule has 0 saturated carbocycles. The van der Waals surface area contributed by atoms with E-state index in [0.717, 1.165) is 6.54 Å². The van der Waals surface area contributed by atoms with Crippen LogP contribution in [0, 0.1) is 6.92 Å². The molecule has 0 amide bonds. The molecule has 0 aliphatic rings. The van der Waals surface area contributed by atoms with Gasteiger partial charge in [0.2, 0.25) is 0 Å². The molecule has 0 saturated heterocycles. The molecule has 2 heteroatoms. The molecule has 1 heterocycles. The van der Waals surface area contributed by atoms with Gasteiger partial charge in [0.15, 0.2) is 0 Å². The Bertz CT molecular complexity index is 470. The molecule has 0 fully saturated rings. The highest BCUT2D eigenvalue weighted by molar-refractivity contribution is 7.13. The van der Waals surface area contributed by atoms with E-state index in [-0.39, 0.29) is 0 Å². The third-order valence-corrected chi connectivity index (χ3v) is 4.03. The molecule has 0 bridgehead atoms. The zero-order valence-electron chi connectivity index (χ0n) is 10.7. The molecule has 2 aromatic rings. The van der Waals surface area contributed by atoms with Gasteiger partial charge in [-0.15, -0.1) is 11.3 Å². The Balaban J connectivity index is 2.20. The van der Waals surface area contributed by atoms with Crippen LogP contribution in [0.5, 0.6) is 0 Å². The molecule has 1 unspecified atom stereocenters. The first kappa shape index (κ1) is 12.3. The summed E-state index contributed by atoms with van der Waals surface area (Å²) in [6.07, 6.45) is 0. The smallest absolute Gasteiger partial charge is 0.0345 e. The van der Waals surface area contributed by atoms with E-state index in [2.05, 4.69) is 54.9 Å². The van der Waals surface area contributed by atoms with Crippen molar-refractivity contribution in [3.63, 3.8) is 0 Å². The van der Waals surface area contributed by atoms with E-state index in [0.29, 0.717) is 5.92 Å². The summed E-state index contributed by atoms with van der Waals surface area (Å²) in [7, 11) is 2.00. The van der Waals surface area contributed by atoms with Gasteiger partial charge in [0, 0.05) is 11.4 Å². The Hall–Kier alpha value is -1.12. The number of aryl methyl sites for hydroxylation is 1. The van der Waals surface area contributed by atoms with Crippen LogP contribution in [-0.2, 0) is 0 Å². The highest BCUT2D eigenvalue weighted by atomic mass is 32.1. The van der Waals surface area contributed by atoms with E-state index < -0.39 is 0 Å². The lowest BCUT2D eigenvalue weighted by Crippen LogP contribution is -2.14. The normalized spacial score (nSPS) is 12.6. The van der Waals surface area contributed by atoms with Crippen molar-refractivity contribution in [2.24, 2.45) is 0 Å². The minimum atomic E-state index is 0.579. The molecule has 17 heavy (non-hydrogen) atoms. The molecule has 0 spiro atoms. The quantitative estimate of drug-likeness (QED) is 0.857. The van der Waals surface area contributed by atoms with Crippen molar-refractivity contribution in [1.82, 2.24) is 5.32 Å². The van der Waals surface area contributed by atoms with Crippen LogP contribution in [0.3, 0.4) is 0 Å². The second-order valence-corrected chi connectivity index (χ2v) is 5.48. The largest absolute Gasteiger partial charge is 0.319 e. The maximum atomic E-state index is 3.23. The number of thiophene rings is 1. The van der Waals surface area contributed by atoms with Gasteiger partial charge in [-0.2, -0.15) is 0 Å². The second-order valence-electron chi connectivity index (χ2n) is 4.57. The fourth-order valence-electron chi connectivity index (χ4n) is 1.90. The van der Waals surface area contributed by atoms with E-state index >= 15 is 0 Å². The predicted octanol–water partition coefficient (Wildman–Crippen LogP) is 4.05. The zero-order valence-corrected chi connectivity index (χ0v) is 11.5. The summed E-state index contributed by atoms with van der Waals surface area (Å²) in [5.74, 6) is 0.579. The minimum absolute atomic E-state index is 0.579. The SMILES string of the molecule is CNCC(C)c1csc(-c2ccc(C)cc2)c1. The van der Waals surface area contributed by atoms with Gasteiger partial charge in [0.05, 0.1) is 0 Å². The third kappa shape index (κ3) is 2.96.